The van der Waals surface area contributed by atoms with E-state index in [2.05, 4.69) is 10.4 Å². The van der Waals surface area contributed by atoms with E-state index in [1.165, 1.54) is 6.07 Å². The molecule has 5 heteroatoms. The number of aryl methyl sites for hydroxylation is 1. The lowest BCUT2D eigenvalue weighted by Crippen LogP contribution is -2.11. The molecule has 2 aromatic rings. The predicted molar refractivity (Wildman–Crippen MR) is 67.1 cm³/mol. The van der Waals surface area contributed by atoms with Crippen molar-refractivity contribution in [1.29, 1.82) is 0 Å². The molecule has 1 aromatic carbocycles. The minimum Gasteiger partial charge on any atom is -0.451 e. The number of nitrogens with zero attached hydrogens (tertiary/aromatic N) is 2. The second-order valence-electron chi connectivity index (χ2n) is 4.00. The Kier molecular flexibility index (Phi) is 3.94. The largest absolute Gasteiger partial charge is 0.451 e. The van der Waals surface area contributed by atoms with Gasteiger partial charge >= 0.3 is 0 Å². The van der Waals surface area contributed by atoms with Crippen molar-refractivity contribution in [2.24, 2.45) is 7.05 Å². The maximum Gasteiger partial charge on any atom is 0.166 e. The lowest BCUT2D eigenvalue weighted by atomic mass is 10.2. The summed E-state index contributed by atoms with van der Waals surface area (Å²) in [6, 6.07) is 4.96. The molecule has 0 aliphatic carbocycles. The van der Waals surface area contributed by atoms with Crippen LogP contribution in [0.4, 0.5) is 4.39 Å². The normalized spacial score (nSPS) is 10.6. The van der Waals surface area contributed by atoms with Crippen LogP contribution in [0.3, 0.4) is 0 Å². The number of halogens is 1. The SMILES string of the molecule is CCNCc1ccc(Oc2cnn(C)c2)c(F)c1. The zero-order valence-corrected chi connectivity index (χ0v) is 10.5. The van der Waals surface area contributed by atoms with Gasteiger partial charge in [-0.3, -0.25) is 4.68 Å². The fourth-order valence-electron chi connectivity index (χ4n) is 1.58. The van der Waals surface area contributed by atoms with Gasteiger partial charge in [-0.2, -0.15) is 5.10 Å². The molecule has 1 N–H and O–H groups in total. The average molecular weight is 249 g/mol. The third-order valence-electron chi connectivity index (χ3n) is 2.48. The van der Waals surface area contributed by atoms with E-state index in [1.807, 2.05) is 13.0 Å². The Morgan fingerprint density at radius 1 is 1.44 bits per heavy atom. The molecule has 4 nitrogen and oxygen atoms in total. The Hall–Kier alpha value is -1.88. The summed E-state index contributed by atoms with van der Waals surface area (Å²) in [5.74, 6) is 0.369. The highest BCUT2D eigenvalue weighted by Gasteiger charge is 2.07. The molecule has 18 heavy (non-hydrogen) atoms. The molecule has 0 fully saturated rings. The minimum absolute atomic E-state index is 0.211. The topological polar surface area (TPSA) is 39.1 Å². The van der Waals surface area contributed by atoms with E-state index in [0.29, 0.717) is 12.3 Å². The summed E-state index contributed by atoms with van der Waals surface area (Å²) in [5, 5.41) is 7.10. The highest BCUT2D eigenvalue weighted by molar-refractivity contribution is 5.32. The number of hydrogen-bond acceptors (Lipinski definition) is 3. The van der Waals surface area contributed by atoms with Gasteiger partial charge in [-0.05, 0) is 24.2 Å². The number of nitrogens with one attached hydrogen (secondary N) is 1. The van der Waals surface area contributed by atoms with Crippen molar-refractivity contribution >= 4 is 0 Å². The first-order valence-corrected chi connectivity index (χ1v) is 5.84. The van der Waals surface area contributed by atoms with Crippen molar-refractivity contribution in [2.45, 2.75) is 13.5 Å². The van der Waals surface area contributed by atoms with E-state index in [0.717, 1.165) is 12.1 Å². The molecule has 1 heterocycles. The molecule has 0 radical (unpaired) electrons. The summed E-state index contributed by atoms with van der Waals surface area (Å²) in [5.41, 5.74) is 0.896. The summed E-state index contributed by atoms with van der Waals surface area (Å²) in [6.45, 7) is 3.52. The van der Waals surface area contributed by atoms with Gasteiger partial charge < -0.3 is 10.1 Å². The van der Waals surface area contributed by atoms with E-state index in [1.54, 1.807) is 30.2 Å². The molecule has 0 amide bonds. The smallest absolute Gasteiger partial charge is 0.166 e. The highest BCUT2D eigenvalue weighted by atomic mass is 19.1. The summed E-state index contributed by atoms with van der Waals surface area (Å²) in [4.78, 5) is 0. The molecule has 1 aromatic heterocycles. The van der Waals surface area contributed by atoms with Crippen LogP contribution in [0.2, 0.25) is 0 Å². The van der Waals surface area contributed by atoms with Gasteiger partial charge in [0.2, 0.25) is 0 Å². The number of hydrogen-bond donors (Lipinski definition) is 1. The maximum atomic E-state index is 13.8. The van der Waals surface area contributed by atoms with Gasteiger partial charge in [0.15, 0.2) is 17.3 Å². The molecule has 0 saturated heterocycles. The first kappa shape index (κ1) is 12.6. The molecule has 0 spiro atoms. The summed E-state index contributed by atoms with van der Waals surface area (Å²) in [6.07, 6.45) is 3.23. The van der Waals surface area contributed by atoms with E-state index in [-0.39, 0.29) is 11.6 Å². The second-order valence-corrected chi connectivity index (χ2v) is 4.00. The van der Waals surface area contributed by atoms with Crippen molar-refractivity contribution in [3.63, 3.8) is 0 Å². The lowest BCUT2D eigenvalue weighted by molar-refractivity contribution is 0.441. The molecular formula is C13H16FN3O. The molecule has 0 aliphatic rings. The van der Waals surface area contributed by atoms with Gasteiger partial charge in [-0.15, -0.1) is 0 Å². The predicted octanol–water partition coefficient (Wildman–Crippen LogP) is 2.46. The molecule has 0 bridgehead atoms. The van der Waals surface area contributed by atoms with Crippen molar-refractivity contribution in [1.82, 2.24) is 15.1 Å². The standard InChI is InChI=1S/C13H16FN3O/c1-3-15-7-10-4-5-13(12(14)6-10)18-11-8-16-17(2)9-11/h4-6,8-9,15H,3,7H2,1-2H3. The van der Waals surface area contributed by atoms with Crippen LogP contribution in [0.25, 0.3) is 0 Å². The molecule has 0 aliphatic heterocycles. The fourth-order valence-corrected chi connectivity index (χ4v) is 1.58. The van der Waals surface area contributed by atoms with Gasteiger partial charge in [0.05, 0.1) is 12.4 Å². The number of rotatable bonds is 5. The van der Waals surface area contributed by atoms with Crippen molar-refractivity contribution in [3.8, 4) is 11.5 Å². The average Bonchev–Trinajstić information content (AvgIpc) is 2.75. The summed E-state index contributed by atoms with van der Waals surface area (Å²) in [7, 11) is 1.78. The minimum atomic E-state index is -0.366. The van der Waals surface area contributed by atoms with Crippen molar-refractivity contribution in [3.05, 3.63) is 42.0 Å². The van der Waals surface area contributed by atoms with Crippen LogP contribution < -0.4 is 10.1 Å². The van der Waals surface area contributed by atoms with Gasteiger partial charge in [-0.25, -0.2) is 4.39 Å². The molecular weight excluding hydrogens is 233 g/mol. The maximum absolute atomic E-state index is 13.8. The number of ether oxygens (including phenoxy) is 1. The van der Waals surface area contributed by atoms with Crippen molar-refractivity contribution < 1.29 is 9.13 Å². The fraction of sp³-hybridized carbons (Fsp3) is 0.308. The first-order chi connectivity index (χ1) is 8.69. The van der Waals surface area contributed by atoms with Gasteiger partial charge in [-0.1, -0.05) is 13.0 Å². The number of aromatic nitrogens is 2. The van der Waals surface area contributed by atoms with Crippen LogP contribution in [0.5, 0.6) is 11.5 Å². The van der Waals surface area contributed by atoms with E-state index < -0.39 is 0 Å². The molecule has 0 unspecified atom stereocenters. The zero-order chi connectivity index (χ0) is 13.0. The van der Waals surface area contributed by atoms with E-state index in [4.69, 9.17) is 4.74 Å². The molecule has 0 saturated carbocycles. The highest BCUT2D eigenvalue weighted by Crippen LogP contribution is 2.24. The Morgan fingerprint density at radius 3 is 2.89 bits per heavy atom. The van der Waals surface area contributed by atoms with Crippen LogP contribution in [0, 0.1) is 5.82 Å². The third-order valence-corrected chi connectivity index (χ3v) is 2.48. The number of benzene rings is 1. The van der Waals surface area contributed by atoms with Gasteiger partial charge in [0.25, 0.3) is 0 Å². The van der Waals surface area contributed by atoms with Crippen molar-refractivity contribution in [2.75, 3.05) is 6.54 Å². The van der Waals surface area contributed by atoms with Gasteiger partial charge in [0, 0.05) is 13.6 Å². The molecule has 96 valence electrons. The lowest BCUT2D eigenvalue weighted by Gasteiger charge is -2.07. The Labute approximate surface area is 105 Å². The molecule has 0 atom stereocenters. The first-order valence-electron chi connectivity index (χ1n) is 5.84. The molecule has 2 rings (SSSR count). The van der Waals surface area contributed by atoms with E-state index >= 15 is 0 Å². The van der Waals surface area contributed by atoms with Gasteiger partial charge in [0.1, 0.15) is 0 Å². The second kappa shape index (κ2) is 5.64. The Bertz CT molecular complexity index is 525. The van der Waals surface area contributed by atoms with Crippen LogP contribution in [0.1, 0.15) is 12.5 Å². The van der Waals surface area contributed by atoms with Crippen LogP contribution in [-0.2, 0) is 13.6 Å². The summed E-state index contributed by atoms with van der Waals surface area (Å²) < 4.78 is 20.8. The third kappa shape index (κ3) is 3.07. The zero-order valence-electron chi connectivity index (χ0n) is 10.5. The Morgan fingerprint density at radius 2 is 2.28 bits per heavy atom. The van der Waals surface area contributed by atoms with Crippen LogP contribution in [0.15, 0.2) is 30.6 Å². The monoisotopic (exact) mass is 249 g/mol. The van der Waals surface area contributed by atoms with Crippen LogP contribution in [-0.4, -0.2) is 16.3 Å². The van der Waals surface area contributed by atoms with Crippen LogP contribution >= 0.6 is 0 Å². The quantitative estimate of drug-likeness (QED) is 0.884. The Balaban J connectivity index is 2.09. The summed E-state index contributed by atoms with van der Waals surface area (Å²) >= 11 is 0. The van der Waals surface area contributed by atoms with E-state index in [9.17, 15) is 4.39 Å².